The lowest BCUT2D eigenvalue weighted by Gasteiger charge is -2.25. The molecule has 1 aromatic rings. The van der Waals surface area contributed by atoms with Crippen molar-refractivity contribution in [3.8, 4) is 11.5 Å². The molecule has 0 N–H and O–H groups in total. The van der Waals surface area contributed by atoms with Crippen molar-refractivity contribution in [1.82, 2.24) is 4.90 Å². The van der Waals surface area contributed by atoms with Gasteiger partial charge in [0.2, 0.25) is 5.91 Å². The second-order valence-corrected chi connectivity index (χ2v) is 8.74. The first-order valence-electron chi connectivity index (χ1n) is 10.9. The van der Waals surface area contributed by atoms with Gasteiger partial charge in [0.15, 0.2) is 17.1 Å². The van der Waals surface area contributed by atoms with E-state index in [0.717, 1.165) is 49.9 Å². The predicted molar refractivity (Wildman–Crippen MR) is 106 cm³/mol. The molecule has 0 aromatic heterocycles. The molecule has 1 spiro atoms. The van der Waals surface area contributed by atoms with Gasteiger partial charge >= 0.3 is 6.61 Å². The first-order valence-corrected chi connectivity index (χ1v) is 10.9. The maximum absolute atomic E-state index is 12.9. The molecule has 1 aliphatic carbocycles. The Morgan fingerprint density at radius 2 is 2.16 bits per heavy atom. The Morgan fingerprint density at radius 1 is 1.29 bits per heavy atom. The Hall–Kier alpha value is -2.42. The van der Waals surface area contributed by atoms with Crippen LogP contribution in [0.4, 0.5) is 8.78 Å². The van der Waals surface area contributed by atoms with Crippen molar-refractivity contribution in [3.05, 3.63) is 23.8 Å². The van der Waals surface area contributed by atoms with E-state index < -0.39 is 12.2 Å². The van der Waals surface area contributed by atoms with E-state index in [-0.39, 0.29) is 36.0 Å². The fourth-order valence-electron chi connectivity index (χ4n) is 4.52. The first kappa shape index (κ1) is 20.5. The van der Waals surface area contributed by atoms with Crippen LogP contribution in [-0.4, -0.2) is 61.1 Å². The monoisotopic (exact) mass is 436 g/mol. The Labute approximate surface area is 179 Å². The number of rotatable bonds is 7. The van der Waals surface area contributed by atoms with Gasteiger partial charge in [-0.1, -0.05) is 5.16 Å². The summed E-state index contributed by atoms with van der Waals surface area (Å²) in [5.74, 6) is 0.518. The number of hydrogen-bond donors (Lipinski definition) is 0. The minimum absolute atomic E-state index is 0.0322. The lowest BCUT2D eigenvalue weighted by atomic mass is 9.93. The standard InChI is InChI=1S/C22H26F2N2O5/c23-21(24)30-18-6-5-15(17-11-22(31-25-17)7-9-28-13-22)10-19(18)29-12-16-2-1-8-26(16)20(27)14-3-4-14/h5-6,10,14,16,21H,1-4,7-9,11-13H2/t16-,22?/m1/s1. The Kier molecular flexibility index (Phi) is 5.45. The van der Waals surface area contributed by atoms with E-state index in [0.29, 0.717) is 19.6 Å². The van der Waals surface area contributed by atoms with Gasteiger partial charge in [-0.2, -0.15) is 8.78 Å². The van der Waals surface area contributed by atoms with Crippen LogP contribution < -0.4 is 9.47 Å². The molecule has 7 nitrogen and oxygen atoms in total. The number of carbonyl (C=O) groups is 1. The number of likely N-dealkylation sites (tertiary alicyclic amines) is 1. The molecule has 4 aliphatic rings. The lowest BCUT2D eigenvalue weighted by molar-refractivity contribution is -0.133. The van der Waals surface area contributed by atoms with Gasteiger partial charge in [0.1, 0.15) is 6.61 Å². The van der Waals surface area contributed by atoms with Crippen molar-refractivity contribution >= 4 is 11.6 Å². The van der Waals surface area contributed by atoms with Crippen LogP contribution in [0.15, 0.2) is 23.4 Å². The highest BCUT2D eigenvalue weighted by Gasteiger charge is 2.43. The molecule has 1 amide bonds. The third kappa shape index (κ3) is 4.33. The summed E-state index contributed by atoms with van der Waals surface area (Å²) < 4.78 is 41.9. The van der Waals surface area contributed by atoms with E-state index in [9.17, 15) is 13.6 Å². The number of benzene rings is 1. The van der Waals surface area contributed by atoms with Gasteiger partial charge in [0, 0.05) is 30.9 Å². The summed E-state index contributed by atoms with van der Waals surface area (Å²) in [7, 11) is 0. The Bertz CT molecular complexity index is 867. The summed E-state index contributed by atoms with van der Waals surface area (Å²) in [6.45, 7) is -0.874. The lowest BCUT2D eigenvalue weighted by Crippen LogP contribution is -2.39. The summed E-state index contributed by atoms with van der Waals surface area (Å²) in [6.07, 6.45) is 5.02. The van der Waals surface area contributed by atoms with Crippen molar-refractivity contribution in [2.24, 2.45) is 11.1 Å². The zero-order valence-corrected chi connectivity index (χ0v) is 17.2. The van der Waals surface area contributed by atoms with E-state index in [1.165, 1.54) is 6.07 Å². The highest BCUT2D eigenvalue weighted by molar-refractivity contribution is 6.02. The van der Waals surface area contributed by atoms with Crippen LogP contribution in [0.2, 0.25) is 0 Å². The van der Waals surface area contributed by atoms with E-state index in [1.807, 2.05) is 4.90 Å². The molecule has 31 heavy (non-hydrogen) atoms. The van der Waals surface area contributed by atoms with Gasteiger partial charge in [-0.25, -0.2) is 0 Å². The first-order chi connectivity index (χ1) is 15.0. The molecule has 1 unspecified atom stereocenters. The molecule has 3 aliphatic heterocycles. The Balaban J connectivity index is 1.31. The van der Waals surface area contributed by atoms with E-state index in [2.05, 4.69) is 9.89 Å². The maximum Gasteiger partial charge on any atom is 0.387 e. The predicted octanol–water partition coefficient (Wildman–Crippen LogP) is 3.35. The zero-order valence-electron chi connectivity index (χ0n) is 17.2. The van der Waals surface area contributed by atoms with Gasteiger partial charge in [0.05, 0.1) is 25.0 Å². The molecule has 5 rings (SSSR count). The normalized spacial score (nSPS) is 27.6. The second-order valence-electron chi connectivity index (χ2n) is 8.74. The van der Waals surface area contributed by atoms with Crippen molar-refractivity contribution in [2.75, 3.05) is 26.4 Å². The van der Waals surface area contributed by atoms with Gasteiger partial charge in [0.25, 0.3) is 0 Å². The number of oxime groups is 1. The van der Waals surface area contributed by atoms with Gasteiger partial charge in [-0.05, 0) is 43.9 Å². The van der Waals surface area contributed by atoms with Crippen LogP contribution in [0.3, 0.4) is 0 Å². The summed E-state index contributed by atoms with van der Waals surface area (Å²) in [6, 6.07) is 4.76. The highest BCUT2D eigenvalue weighted by atomic mass is 19.3. The van der Waals surface area contributed by atoms with E-state index in [1.54, 1.807) is 12.1 Å². The molecular weight excluding hydrogens is 410 g/mol. The fraction of sp³-hybridized carbons (Fsp3) is 0.636. The molecule has 0 radical (unpaired) electrons. The van der Waals surface area contributed by atoms with Crippen molar-refractivity contribution < 1.29 is 32.6 Å². The van der Waals surface area contributed by atoms with Gasteiger partial charge < -0.3 is 23.9 Å². The van der Waals surface area contributed by atoms with Gasteiger partial charge in [-0.15, -0.1) is 0 Å². The second kappa shape index (κ2) is 8.26. The third-order valence-electron chi connectivity index (χ3n) is 6.42. The summed E-state index contributed by atoms with van der Waals surface area (Å²) in [5, 5.41) is 4.21. The molecule has 3 fully saturated rings. The maximum atomic E-state index is 12.9. The zero-order chi connectivity index (χ0) is 21.4. The number of carbonyl (C=O) groups excluding carboxylic acids is 1. The largest absolute Gasteiger partial charge is 0.488 e. The minimum Gasteiger partial charge on any atom is -0.488 e. The molecule has 1 saturated carbocycles. The molecule has 2 saturated heterocycles. The van der Waals surface area contributed by atoms with E-state index >= 15 is 0 Å². The quantitative estimate of drug-likeness (QED) is 0.656. The topological polar surface area (TPSA) is 69.6 Å². The third-order valence-corrected chi connectivity index (χ3v) is 6.42. The smallest absolute Gasteiger partial charge is 0.387 e. The van der Waals surface area contributed by atoms with Crippen molar-refractivity contribution in [3.63, 3.8) is 0 Å². The number of ether oxygens (including phenoxy) is 3. The van der Waals surface area contributed by atoms with Crippen LogP contribution in [-0.2, 0) is 14.4 Å². The molecule has 9 heteroatoms. The highest BCUT2D eigenvalue weighted by Crippen LogP contribution is 2.37. The number of amides is 1. The summed E-state index contributed by atoms with van der Waals surface area (Å²) in [4.78, 5) is 20.0. The van der Waals surface area contributed by atoms with Crippen molar-refractivity contribution in [2.45, 2.75) is 56.8 Å². The molecule has 168 valence electrons. The molecule has 1 aromatic carbocycles. The fourth-order valence-corrected chi connectivity index (χ4v) is 4.52. The molecule has 3 heterocycles. The number of hydrogen-bond acceptors (Lipinski definition) is 6. The Morgan fingerprint density at radius 3 is 2.90 bits per heavy atom. The van der Waals surface area contributed by atoms with Crippen LogP contribution in [0.25, 0.3) is 0 Å². The number of nitrogens with zero attached hydrogens (tertiary/aromatic N) is 2. The minimum atomic E-state index is -2.96. The SMILES string of the molecule is O=C(C1CC1)N1CCC[C@@H]1COc1cc(C2=NOC3(CCOC3)C2)ccc1OC(F)F. The molecule has 0 bridgehead atoms. The molecular formula is C22H26F2N2O5. The number of alkyl halides is 2. The van der Waals surface area contributed by atoms with Crippen LogP contribution in [0.5, 0.6) is 11.5 Å². The van der Waals surface area contributed by atoms with Crippen molar-refractivity contribution in [1.29, 1.82) is 0 Å². The molecule has 2 atom stereocenters. The van der Waals surface area contributed by atoms with E-state index in [4.69, 9.17) is 14.3 Å². The number of halogens is 2. The van der Waals surface area contributed by atoms with Crippen LogP contribution in [0, 0.1) is 5.92 Å². The average Bonchev–Trinajstić information content (AvgIpc) is 3.14. The van der Waals surface area contributed by atoms with Crippen LogP contribution in [0.1, 0.15) is 44.1 Å². The van der Waals surface area contributed by atoms with Gasteiger partial charge in [-0.3, -0.25) is 4.79 Å². The summed E-state index contributed by atoms with van der Waals surface area (Å²) in [5.41, 5.74) is 1.03. The average molecular weight is 436 g/mol. The summed E-state index contributed by atoms with van der Waals surface area (Å²) >= 11 is 0. The van der Waals surface area contributed by atoms with Crippen LogP contribution >= 0.6 is 0 Å².